The number of nitrogens with one attached hydrogen (secondary N) is 1. The van der Waals surface area contributed by atoms with E-state index < -0.39 is 10.0 Å². The summed E-state index contributed by atoms with van der Waals surface area (Å²) in [4.78, 5) is 12.7. The quantitative estimate of drug-likeness (QED) is 0.820. The summed E-state index contributed by atoms with van der Waals surface area (Å²) in [6.45, 7) is 1.03. The number of carbonyl (C=O) groups is 1. The van der Waals surface area contributed by atoms with Gasteiger partial charge in [-0.15, -0.1) is 0 Å². The molecule has 0 spiro atoms. The molecule has 3 rings (SSSR count). The molecule has 0 aromatic heterocycles. The van der Waals surface area contributed by atoms with Crippen molar-refractivity contribution in [3.63, 3.8) is 0 Å². The summed E-state index contributed by atoms with van der Waals surface area (Å²) in [7, 11) is -0.607. The predicted molar refractivity (Wildman–Crippen MR) is 102 cm³/mol. The van der Waals surface area contributed by atoms with E-state index in [2.05, 4.69) is 5.32 Å². The topological polar surface area (TPSA) is 84.9 Å². The van der Waals surface area contributed by atoms with E-state index in [0.717, 1.165) is 12.8 Å². The van der Waals surface area contributed by atoms with Gasteiger partial charge in [0, 0.05) is 18.7 Å². The number of carbonyl (C=O) groups excluding carboxylic acids is 1. The van der Waals surface area contributed by atoms with Crippen LogP contribution in [0, 0.1) is 0 Å². The second-order valence-corrected chi connectivity index (χ2v) is 8.10. The third-order valence-corrected chi connectivity index (χ3v) is 6.35. The van der Waals surface area contributed by atoms with Crippen molar-refractivity contribution in [3.05, 3.63) is 48.0 Å². The van der Waals surface area contributed by atoms with Crippen molar-refractivity contribution >= 4 is 21.6 Å². The van der Waals surface area contributed by atoms with Crippen LogP contribution in [0.5, 0.6) is 11.5 Å². The molecule has 1 N–H and O–H groups in total. The van der Waals surface area contributed by atoms with Crippen molar-refractivity contribution < 1.29 is 22.7 Å². The minimum absolute atomic E-state index is 0.131. The van der Waals surface area contributed by atoms with Gasteiger partial charge >= 0.3 is 0 Å². The van der Waals surface area contributed by atoms with Gasteiger partial charge in [-0.2, -0.15) is 4.31 Å². The van der Waals surface area contributed by atoms with Crippen LogP contribution in [0.1, 0.15) is 23.2 Å². The standard InChI is InChI=1S/C19H22N2O5S/c1-25-15-7-5-6-14(12-15)19(22)20-17-13-16(8-9-18(17)26-2)27(23,24)21-10-3-4-11-21/h5-9,12-13H,3-4,10-11H2,1-2H3,(H,20,22). The molecule has 2 aromatic carbocycles. The van der Waals surface area contributed by atoms with Gasteiger partial charge in [0.1, 0.15) is 11.5 Å². The molecule has 8 heteroatoms. The number of rotatable bonds is 6. The van der Waals surface area contributed by atoms with E-state index in [1.54, 1.807) is 30.3 Å². The minimum atomic E-state index is -3.59. The number of anilines is 1. The molecule has 1 fully saturated rings. The van der Waals surface area contributed by atoms with Gasteiger partial charge in [0.15, 0.2) is 0 Å². The van der Waals surface area contributed by atoms with Gasteiger partial charge in [-0.05, 0) is 49.2 Å². The van der Waals surface area contributed by atoms with Crippen LogP contribution in [0.4, 0.5) is 5.69 Å². The van der Waals surface area contributed by atoms with Crippen LogP contribution in [-0.4, -0.2) is 45.9 Å². The fourth-order valence-electron chi connectivity index (χ4n) is 2.98. The Morgan fingerprint density at radius 2 is 1.78 bits per heavy atom. The van der Waals surface area contributed by atoms with E-state index in [9.17, 15) is 13.2 Å². The van der Waals surface area contributed by atoms with Crippen LogP contribution in [-0.2, 0) is 10.0 Å². The molecule has 7 nitrogen and oxygen atoms in total. The number of benzene rings is 2. The lowest BCUT2D eigenvalue weighted by molar-refractivity contribution is 0.102. The van der Waals surface area contributed by atoms with Crippen molar-refractivity contribution in [1.82, 2.24) is 4.31 Å². The van der Waals surface area contributed by atoms with Gasteiger partial charge in [0.05, 0.1) is 24.8 Å². The zero-order chi connectivity index (χ0) is 19.4. The largest absolute Gasteiger partial charge is 0.497 e. The summed E-state index contributed by atoms with van der Waals surface area (Å²) < 4.78 is 37.4. The van der Waals surface area contributed by atoms with Crippen molar-refractivity contribution in [1.29, 1.82) is 0 Å². The van der Waals surface area contributed by atoms with E-state index >= 15 is 0 Å². The van der Waals surface area contributed by atoms with E-state index in [4.69, 9.17) is 9.47 Å². The Bertz CT molecular complexity index is 937. The van der Waals surface area contributed by atoms with Gasteiger partial charge in [-0.1, -0.05) is 6.07 Å². The number of amides is 1. The van der Waals surface area contributed by atoms with Crippen LogP contribution in [0.15, 0.2) is 47.4 Å². The molecular formula is C19H22N2O5S. The highest BCUT2D eigenvalue weighted by molar-refractivity contribution is 7.89. The summed E-state index contributed by atoms with van der Waals surface area (Å²) >= 11 is 0. The van der Waals surface area contributed by atoms with Crippen LogP contribution in [0.2, 0.25) is 0 Å². The zero-order valence-corrected chi connectivity index (χ0v) is 16.1. The van der Waals surface area contributed by atoms with Crippen molar-refractivity contribution in [2.45, 2.75) is 17.7 Å². The second-order valence-electron chi connectivity index (χ2n) is 6.16. The van der Waals surface area contributed by atoms with E-state index in [1.807, 2.05) is 0 Å². The Kier molecular flexibility index (Phi) is 5.67. The third-order valence-electron chi connectivity index (χ3n) is 4.45. The van der Waals surface area contributed by atoms with Crippen molar-refractivity contribution in [2.75, 3.05) is 32.6 Å². The summed E-state index contributed by atoms with van der Waals surface area (Å²) in [5.74, 6) is 0.550. The fourth-order valence-corrected chi connectivity index (χ4v) is 4.53. The lowest BCUT2D eigenvalue weighted by atomic mass is 10.2. The summed E-state index contributed by atoms with van der Waals surface area (Å²) in [6, 6.07) is 11.2. The van der Waals surface area contributed by atoms with Crippen molar-refractivity contribution in [3.8, 4) is 11.5 Å². The maximum Gasteiger partial charge on any atom is 0.255 e. The van der Waals surface area contributed by atoms with Crippen molar-refractivity contribution in [2.24, 2.45) is 0 Å². The molecule has 1 heterocycles. The van der Waals surface area contributed by atoms with Gasteiger partial charge in [-0.25, -0.2) is 8.42 Å². The maximum absolute atomic E-state index is 12.8. The molecule has 0 unspecified atom stereocenters. The summed E-state index contributed by atoms with van der Waals surface area (Å²) in [5, 5.41) is 2.73. The number of nitrogens with zero attached hydrogens (tertiary/aromatic N) is 1. The lowest BCUT2D eigenvalue weighted by Crippen LogP contribution is -2.28. The molecule has 2 aromatic rings. The third kappa shape index (κ3) is 4.06. The Hall–Kier alpha value is -2.58. The molecule has 0 radical (unpaired) electrons. The minimum Gasteiger partial charge on any atom is -0.497 e. The molecule has 27 heavy (non-hydrogen) atoms. The smallest absolute Gasteiger partial charge is 0.255 e. The molecule has 144 valence electrons. The number of ether oxygens (including phenoxy) is 2. The Morgan fingerprint density at radius 1 is 1.04 bits per heavy atom. The first-order valence-corrected chi connectivity index (χ1v) is 10.0. The fraction of sp³-hybridized carbons (Fsp3) is 0.316. The molecular weight excluding hydrogens is 368 g/mol. The molecule has 0 bridgehead atoms. The first kappa shape index (κ1) is 19.2. The summed E-state index contributed by atoms with van der Waals surface area (Å²) in [5.41, 5.74) is 0.690. The second kappa shape index (κ2) is 7.98. The Labute approximate surface area is 158 Å². The monoisotopic (exact) mass is 390 g/mol. The molecule has 1 aliphatic heterocycles. The number of sulfonamides is 1. The SMILES string of the molecule is COc1cccc(C(=O)Nc2cc(S(=O)(=O)N3CCCC3)ccc2OC)c1. The molecule has 1 saturated heterocycles. The molecule has 1 aliphatic rings. The van der Waals surface area contributed by atoms with Gasteiger partial charge in [-0.3, -0.25) is 4.79 Å². The van der Waals surface area contributed by atoms with Gasteiger partial charge in [0.25, 0.3) is 5.91 Å². The first-order valence-electron chi connectivity index (χ1n) is 8.59. The molecule has 0 saturated carbocycles. The average molecular weight is 390 g/mol. The van der Waals surface area contributed by atoms with E-state index in [0.29, 0.717) is 35.8 Å². The van der Waals surface area contributed by atoms with Crippen LogP contribution < -0.4 is 14.8 Å². The van der Waals surface area contributed by atoms with Crippen LogP contribution >= 0.6 is 0 Å². The maximum atomic E-state index is 12.8. The highest BCUT2D eigenvalue weighted by Crippen LogP contribution is 2.30. The molecule has 1 amide bonds. The Morgan fingerprint density at radius 3 is 2.44 bits per heavy atom. The van der Waals surface area contributed by atoms with E-state index in [1.165, 1.54) is 30.7 Å². The number of methoxy groups -OCH3 is 2. The van der Waals surface area contributed by atoms with Crippen LogP contribution in [0.25, 0.3) is 0 Å². The first-order chi connectivity index (χ1) is 13.0. The number of hydrogen-bond donors (Lipinski definition) is 1. The predicted octanol–water partition coefficient (Wildman–Crippen LogP) is 2.74. The molecule has 0 atom stereocenters. The lowest BCUT2D eigenvalue weighted by Gasteiger charge is -2.17. The Balaban J connectivity index is 1.90. The highest BCUT2D eigenvalue weighted by atomic mass is 32.2. The van der Waals surface area contributed by atoms with Crippen LogP contribution in [0.3, 0.4) is 0 Å². The molecule has 0 aliphatic carbocycles. The highest BCUT2D eigenvalue weighted by Gasteiger charge is 2.28. The average Bonchev–Trinajstić information content (AvgIpc) is 3.23. The van der Waals surface area contributed by atoms with Gasteiger partial charge in [0.2, 0.25) is 10.0 Å². The summed E-state index contributed by atoms with van der Waals surface area (Å²) in [6.07, 6.45) is 1.71. The van der Waals surface area contributed by atoms with E-state index in [-0.39, 0.29) is 10.8 Å². The van der Waals surface area contributed by atoms with Gasteiger partial charge < -0.3 is 14.8 Å². The normalized spacial score (nSPS) is 14.7. The number of hydrogen-bond acceptors (Lipinski definition) is 5. The zero-order valence-electron chi connectivity index (χ0n) is 15.3.